The number of nitrogens with zero attached hydrogens (tertiary/aromatic N) is 1. The highest BCUT2D eigenvalue weighted by Gasteiger charge is 2.19. The number of hydrogen-bond acceptors (Lipinski definition) is 3. The molecule has 1 aromatic heterocycles. The fourth-order valence-corrected chi connectivity index (χ4v) is 3.04. The summed E-state index contributed by atoms with van der Waals surface area (Å²) >= 11 is 0. The average molecular weight is 306 g/mol. The number of methoxy groups -OCH3 is 1. The number of ether oxygens (including phenoxy) is 1. The van der Waals surface area contributed by atoms with Gasteiger partial charge in [-0.1, -0.05) is 0 Å². The van der Waals surface area contributed by atoms with Crippen LogP contribution < -0.4 is 0 Å². The molecule has 0 saturated heterocycles. The highest BCUT2D eigenvalue weighted by Crippen LogP contribution is 2.28. The lowest BCUT2D eigenvalue weighted by atomic mass is 10.2. The van der Waals surface area contributed by atoms with Gasteiger partial charge in [0.05, 0.1) is 0 Å². The van der Waals surface area contributed by atoms with E-state index in [9.17, 15) is 12.8 Å². The first-order valence-corrected chi connectivity index (χ1v) is 7.96. The summed E-state index contributed by atoms with van der Waals surface area (Å²) < 4.78 is 43.0. The molecule has 1 heterocycles. The van der Waals surface area contributed by atoms with Gasteiger partial charge in [0.2, 0.25) is 0 Å². The SMILES string of the molecule is COCCCn1cc(S(=O)(=O)Cl)c2cc(F)ccc21. The van der Waals surface area contributed by atoms with Gasteiger partial charge in [-0.05, 0) is 24.6 Å². The normalized spacial score (nSPS) is 12.2. The van der Waals surface area contributed by atoms with E-state index < -0.39 is 14.9 Å². The van der Waals surface area contributed by atoms with E-state index in [0.717, 1.165) is 6.42 Å². The van der Waals surface area contributed by atoms with Crippen LogP contribution in [0.25, 0.3) is 10.9 Å². The Hall–Kier alpha value is -1.11. The van der Waals surface area contributed by atoms with E-state index in [0.29, 0.717) is 24.1 Å². The molecular weight excluding hydrogens is 293 g/mol. The third-order valence-electron chi connectivity index (χ3n) is 2.82. The van der Waals surface area contributed by atoms with Crippen molar-refractivity contribution in [1.29, 1.82) is 0 Å². The first kappa shape index (κ1) is 14.3. The monoisotopic (exact) mass is 305 g/mol. The fraction of sp³-hybridized carbons (Fsp3) is 0.333. The Morgan fingerprint density at radius 2 is 2.16 bits per heavy atom. The molecule has 19 heavy (non-hydrogen) atoms. The van der Waals surface area contributed by atoms with Crippen molar-refractivity contribution in [2.75, 3.05) is 13.7 Å². The van der Waals surface area contributed by atoms with Crippen LogP contribution in [0.1, 0.15) is 6.42 Å². The van der Waals surface area contributed by atoms with Gasteiger partial charge in [0.25, 0.3) is 9.05 Å². The second kappa shape index (κ2) is 5.48. The zero-order chi connectivity index (χ0) is 14.0. The lowest BCUT2D eigenvalue weighted by Crippen LogP contribution is -2.00. The number of benzene rings is 1. The highest BCUT2D eigenvalue weighted by molar-refractivity contribution is 8.14. The van der Waals surface area contributed by atoms with Crippen LogP contribution in [0.4, 0.5) is 4.39 Å². The second-order valence-electron chi connectivity index (χ2n) is 4.13. The molecule has 0 atom stereocenters. The van der Waals surface area contributed by atoms with Crippen molar-refractivity contribution in [3.63, 3.8) is 0 Å². The van der Waals surface area contributed by atoms with Crippen molar-refractivity contribution in [3.05, 3.63) is 30.2 Å². The van der Waals surface area contributed by atoms with Crippen LogP contribution in [0.15, 0.2) is 29.3 Å². The Balaban J connectivity index is 2.54. The minimum Gasteiger partial charge on any atom is -0.385 e. The molecule has 0 unspecified atom stereocenters. The molecule has 7 heteroatoms. The van der Waals surface area contributed by atoms with E-state index in [1.807, 2.05) is 0 Å². The summed E-state index contributed by atoms with van der Waals surface area (Å²) in [7, 11) is 3.07. The summed E-state index contributed by atoms with van der Waals surface area (Å²) in [5.74, 6) is -0.497. The predicted octanol–water partition coefficient (Wildman–Crippen LogP) is 2.74. The minimum atomic E-state index is -3.90. The van der Waals surface area contributed by atoms with E-state index in [2.05, 4.69) is 0 Å². The maximum absolute atomic E-state index is 13.3. The standard InChI is InChI=1S/C12H13ClFNO3S/c1-18-6-2-5-15-8-12(19(13,16)17)10-7-9(14)3-4-11(10)15/h3-4,7-8H,2,5-6H2,1H3. The molecule has 0 N–H and O–H groups in total. The molecule has 1 aromatic carbocycles. The number of rotatable bonds is 5. The smallest absolute Gasteiger partial charge is 0.263 e. The third kappa shape index (κ3) is 3.08. The van der Waals surface area contributed by atoms with Crippen LogP contribution in [-0.2, 0) is 20.3 Å². The average Bonchev–Trinajstić information content (AvgIpc) is 2.67. The van der Waals surface area contributed by atoms with Crippen molar-refractivity contribution < 1.29 is 17.5 Å². The number of hydrogen-bond donors (Lipinski definition) is 0. The third-order valence-corrected chi connectivity index (χ3v) is 4.17. The summed E-state index contributed by atoms with van der Waals surface area (Å²) in [6.07, 6.45) is 2.15. The molecule has 2 aromatic rings. The molecule has 0 spiro atoms. The van der Waals surface area contributed by atoms with Gasteiger partial charge in [0.15, 0.2) is 0 Å². The Morgan fingerprint density at radius 3 is 2.79 bits per heavy atom. The van der Waals surface area contributed by atoms with Crippen LogP contribution in [0.2, 0.25) is 0 Å². The Morgan fingerprint density at radius 1 is 1.42 bits per heavy atom. The number of fused-ring (bicyclic) bond motifs is 1. The van der Waals surface area contributed by atoms with E-state index in [4.69, 9.17) is 15.4 Å². The van der Waals surface area contributed by atoms with Gasteiger partial charge in [0, 0.05) is 48.0 Å². The molecule has 0 bridgehead atoms. The quantitative estimate of drug-likeness (QED) is 0.630. The number of aromatic nitrogens is 1. The summed E-state index contributed by atoms with van der Waals surface area (Å²) in [6, 6.07) is 4.01. The summed E-state index contributed by atoms with van der Waals surface area (Å²) in [5.41, 5.74) is 0.636. The molecule has 0 aliphatic carbocycles. The van der Waals surface area contributed by atoms with Crippen molar-refractivity contribution in [2.45, 2.75) is 17.9 Å². The molecule has 0 fully saturated rings. The molecule has 2 rings (SSSR count). The Kier molecular flexibility index (Phi) is 4.13. The molecular formula is C12H13ClFNO3S. The Labute approximate surface area is 115 Å². The van der Waals surface area contributed by atoms with Crippen LogP contribution in [0.5, 0.6) is 0 Å². The summed E-state index contributed by atoms with van der Waals surface area (Å²) in [4.78, 5) is -0.0684. The van der Waals surface area contributed by atoms with Gasteiger partial charge in [-0.25, -0.2) is 12.8 Å². The van der Waals surface area contributed by atoms with E-state index >= 15 is 0 Å². The van der Waals surface area contributed by atoms with Crippen LogP contribution in [-0.4, -0.2) is 26.7 Å². The van der Waals surface area contributed by atoms with Crippen LogP contribution >= 0.6 is 10.7 Å². The predicted molar refractivity (Wildman–Crippen MR) is 71.4 cm³/mol. The van der Waals surface area contributed by atoms with Gasteiger partial charge in [-0.15, -0.1) is 0 Å². The maximum atomic E-state index is 13.3. The highest BCUT2D eigenvalue weighted by atomic mass is 35.7. The zero-order valence-electron chi connectivity index (χ0n) is 10.3. The van der Waals surface area contributed by atoms with Gasteiger partial charge in [-0.3, -0.25) is 0 Å². The zero-order valence-corrected chi connectivity index (χ0v) is 11.8. The van der Waals surface area contributed by atoms with Crippen molar-refractivity contribution >= 4 is 30.6 Å². The van der Waals surface area contributed by atoms with Crippen LogP contribution in [0, 0.1) is 5.82 Å². The summed E-state index contributed by atoms with van der Waals surface area (Å²) in [5, 5.41) is 0.299. The van der Waals surface area contributed by atoms with Gasteiger partial charge >= 0.3 is 0 Å². The largest absolute Gasteiger partial charge is 0.385 e. The van der Waals surface area contributed by atoms with Crippen molar-refractivity contribution in [3.8, 4) is 0 Å². The molecule has 0 aliphatic heterocycles. The van der Waals surface area contributed by atoms with Crippen molar-refractivity contribution in [1.82, 2.24) is 4.57 Å². The molecule has 0 saturated carbocycles. The second-order valence-corrected chi connectivity index (χ2v) is 6.67. The lowest BCUT2D eigenvalue weighted by Gasteiger charge is -2.04. The van der Waals surface area contributed by atoms with Gasteiger partial charge < -0.3 is 9.30 Å². The van der Waals surface area contributed by atoms with Crippen LogP contribution in [0.3, 0.4) is 0 Å². The molecule has 4 nitrogen and oxygen atoms in total. The van der Waals surface area contributed by atoms with E-state index in [1.54, 1.807) is 17.7 Å². The fourth-order valence-electron chi connectivity index (χ4n) is 2.00. The molecule has 0 amide bonds. The molecule has 0 radical (unpaired) electrons. The number of aryl methyl sites for hydroxylation is 1. The molecule has 104 valence electrons. The minimum absolute atomic E-state index is 0.0684. The summed E-state index contributed by atoms with van der Waals surface area (Å²) in [6.45, 7) is 1.13. The van der Waals surface area contributed by atoms with Crippen molar-refractivity contribution in [2.24, 2.45) is 0 Å². The van der Waals surface area contributed by atoms with E-state index in [-0.39, 0.29) is 4.90 Å². The van der Waals surface area contributed by atoms with Gasteiger partial charge in [0.1, 0.15) is 10.7 Å². The topological polar surface area (TPSA) is 48.3 Å². The maximum Gasteiger partial charge on any atom is 0.263 e. The molecule has 0 aliphatic rings. The first-order chi connectivity index (χ1) is 8.93. The van der Waals surface area contributed by atoms with Gasteiger partial charge in [-0.2, -0.15) is 0 Å². The first-order valence-electron chi connectivity index (χ1n) is 5.65. The lowest BCUT2D eigenvalue weighted by molar-refractivity contribution is 0.190. The Bertz CT molecular complexity index is 696. The number of halogens is 2. The van der Waals surface area contributed by atoms with E-state index in [1.165, 1.54) is 18.3 Å².